The minimum atomic E-state index is 0.446. The van der Waals surface area contributed by atoms with Crippen molar-refractivity contribution in [2.45, 2.75) is 19.3 Å². The van der Waals surface area contributed by atoms with Crippen LogP contribution in [0.4, 0.5) is 5.82 Å². The minimum Gasteiger partial charge on any atom is -0.368 e. The predicted octanol–water partition coefficient (Wildman–Crippen LogP) is 1.93. The van der Waals surface area contributed by atoms with Crippen LogP contribution in [0.1, 0.15) is 19.3 Å². The number of anilines is 1. The maximum atomic E-state index is 5.71. The maximum Gasteiger partial charge on any atom is 0.151 e. The van der Waals surface area contributed by atoms with Crippen LogP contribution in [0, 0.1) is 16.7 Å². The molecule has 3 aliphatic rings. The predicted molar refractivity (Wildman–Crippen MR) is 70.6 cm³/mol. The lowest BCUT2D eigenvalue weighted by molar-refractivity contribution is -0.0234. The third-order valence-electron chi connectivity index (χ3n) is 4.97. The molecule has 96 valence electrons. The summed E-state index contributed by atoms with van der Waals surface area (Å²) in [6.45, 7) is 3.52. The van der Waals surface area contributed by atoms with E-state index in [1.54, 1.807) is 6.07 Å². The molecule has 0 amide bonds. The van der Waals surface area contributed by atoms with Gasteiger partial charge in [0.15, 0.2) is 5.15 Å². The van der Waals surface area contributed by atoms with Gasteiger partial charge < -0.3 is 10.6 Å². The van der Waals surface area contributed by atoms with Gasteiger partial charge in [-0.1, -0.05) is 11.6 Å². The van der Waals surface area contributed by atoms with Crippen LogP contribution in [-0.4, -0.2) is 29.8 Å². The van der Waals surface area contributed by atoms with Gasteiger partial charge >= 0.3 is 0 Å². The Balaban J connectivity index is 1.29. The van der Waals surface area contributed by atoms with Gasteiger partial charge in [-0.05, 0) is 48.1 Å². The van der Waals surface area contributed by atoms with E-state index in [-0.39, 0.29) is 0 Å². The molecule has 2 aliphatic carbocycles. The van der Waals surface area contributed by atoms with E-state index in [0.29, 0.717) is 16.0 Å². The third-order valence-corrected chi connectivity index (χ3v) is 5.18. The van der Waals surface area contributed by atoms with Gasteiger partial charge in [-0.25, -0.2) is 0 Å². The van der Waals surface area contributed by atoms with E-state index < -0.39 is 0 Å². The molecule has 2 N–H and O–H groups in total. The molecule has 0 radical (unpaired) electrons. The van der Waals surface area contributed by atoms with Gasteiger partial charge in [-0.2, -0.15) is 0 Å². The summed E-state index contributed by atoms with van der Waals surface area (Å²) in [6, 6.07) is 3.67. The molecule has 1 aromatic rings. The van der Waals surface area contributed by atoms with Gasteiger partial charge in [-0.15, -0.1) is 10.2 Å². The smallest absolute Gasteiger partial charge is 0.151 e. The Morgan fingerprint density at radius 3 is 2.78 bits per heavy atom. The quantitative estimate of drug-likeness (QED) is 0.876. The summed E-state index contributed by atoms with van der Waals surface area (Å²) >= 11 is 5.71. The summed E-state index contributed by atoms with van der Waals surface area (Å²) in [5, 5.41) is 15.1. The minimum absolute atomic E-state index is 0.446. The third kappa shape index (κ3) is 1.62. The zero-order valence-corrected chi connectivity index (χ0v) is 11.0. The molecule has 0 bridgehead atoms. The first kappa shape index (κ1) is 11.0. The van der Waals surface area contributed by atoms with E-state index in [4.69, 9.17) is 11.6 Å². The molecule has 4 rings (SSSR count). The average molecular weight is 265 g/mol. The summed E-state index contributed by atoms with van der Waals surface area (Å²) in [6.07, 6.45) is 4.26. The van der Waals surface area contributed by atoms with Crippen LogP contribution in [0.15, 0.2) is 12.1 Å². The fourth-order valence-corrected chi connectivity index (χ4v) is 4.06. The highest BCUT2D eigenvalue weighted by Gasteiger charge is 2.67. The molecule has 1 aliphatic heterocycles. The van der Waals surface area contributed by atoms with Crippen molar-refractivity contribution < 1.29 is 0 Å². The highest BCUT2D eigenvalue weighted by Crippen LogP contribution is 2.72. The molecule has 1 aromatic heterocycles. The van der Waals surface area contributed by atoms with Crippen LogP contribution < -0.4 is 10.6 Å². The van der Waals surface area contributed by atoms with Crippen LogP contribution >= 0.6 is 11.6 Å². The Morgan fingerprint density at radius 1 is 1.33 bits per heavy atom. The molecule has 5 heteroatoms. The summed E-state index contributed by atoms with van der Waals surface area (Å²) in [5.41, 5.74) is 1.36. The maximum absolute atomic E-state index is 5.71. The van der Waals surface area contributed by atoms with Crippen molar-refractivity contribution in [1.29, 1.82) is 0 Å². The van der Waals surface area contributed by atoms with Gasteiger partial charge in [0.1, 0.15) is 5.82 Å². The number of aromatic nitrogens is 2. The van der Waals surface area contributed by atoms with Gasteiger partial charge in [0.05, 0.1) is 0 Å². The molecule has 2 spiro atoms. The Hall–Kier alpha value is -0.870. The zero-order chi connectivity index (χ0) is 12.2. The van der Waals surface area contributed by atoms with Crippen LogP contribution in [0.2, 0.25) is 5.15 Å². The standard InChI is InChI=1S/C13H17ClN4/c14-10-1-2-11(18-17-10)16-4-9-3-13(9)5-12(6-13)7-15-8-12/h1-2,9,15H,3-8H2,(H,16,18). The number of nitrogens with zero attached hydrogens (tertiary/aromatic N) is 2. The number of hydrogen-bond donors (Lipinski definition) is 2. The van der Waals surface area contributed by atoms with Crippen molar-refractivity contribution in [1.82, 2.24) is 15.5 Å². The van der Waals surface area contributed by atoms with Gasteiger partial charge in [-0.3, -0.25) is 0 Å². The molecule has 3 fully saturated rings. The van der Waals surface area contributed by atoms with Gasteiger partial charge in [0, 0.05) is 19.6 Å². The summed E-state index contributed by atoms with van der Waals surface area (Å²) in [5.74, 6) is 1.67. The number of rotatable bonds is 3. The van der Waals surface area contributed by atoms with Crippen molar-refractivity contribution in [2.75, 3.05) is 25.0 Å². The van der Waals surface area contributed by atoms with Crippen molar-refractivity contribution >= 4 is 17.4 Å². The lowest BCUT2D eigenvalue weighted by Crippen LogP contribution is -2.61. The van der Waals surface area contributed by atoms with E-state index >= 15 is 0 Å². The number of halogens is 1. The lowest BCUT2D eigenvalue weighted by atomic mass is 9.55. The first-order chi connectivity index (χ1) is 8.70. The molecule has 1 saturated heterocycles. The summed E-state index contributed by atoms with van der Waals surface area (Å²) in [7, 11) is 0. The van der Waals surface area contributed by atoms with Crippen LogP contribution in [-0.2, 0) is 0 Å². The van der Waals surface area contributed by atoms with Crippen molar-refractivity contribution in [3.8, 4) is 0 Å². The van der Waals surface area contributed by atoms with Crippen LogP contribution in [0.25, 0.3) is 0 Å². The fourth-order valence-electron chi connectivity index (χ4n) is 3.96. The molecular formula is C13H17ClN4. The van der Waals surface area contributed by atoms with E-state index in [0.717, 1.165) is 18.3 Å². The van der Waals surface area contributed by atoms with Crippen LogP contribution in [0.3, 0.4) is 0 Å². The molecule has 0 aromatic carbocycles. The molecule has 2 saturated carbocycles. The first-order valence-electron chi connectivity index (χ1n) is 6.64. The summed E-state index contributed by atoms with van der Waals surface area (Å²) in [4.78, 5) is 0. The fraction of sp³-hybridized carbons (Fsp3) is 0.692. The molecule has 2 heterocycles. The molecule has 18 heavy (non-hydrogen) atoms. The number of nitrogens with one attached hydrogen (secondary N) is 2. The van der Waals surface area contributed by atoms with Gasteiger partial charge in [0.25, 0.3) is 0 Å². The average Bonchev–Trinajstić information content (AvgIpc) is 2.98. The Labute approximate surface area is 112 Å². The van der Waals surface area contributed by atoms with E-state index in [2.05, 4.69) is 20.8 Å². The first-order valence-corrected chi connectivity index (χ1v) is 7.02. The number of hydrogen-bond acceptors (Lipinski definition) is 4. The largest absolute Gasteiger partial charge is 0.368 e. The van der Waals surface area contributed by atoms with E-state index in [9.17, 15) is 0 Å². The topological polar surface area (TPSA) is 49.8 Å². The molecule has 4 nitrogen and oxygen atoms in total. The SMILES string of the molecule is Clc1ccc(NCC2CC23CC2(CNC2)C3)nn1. The molecule has 1 atom stereocenters. The van der Waals surface area contributed by atoms with Crippen molar-refractivity contribution in [3.63, 3.8) is 0 Å². The van der Waals surface area contributed by atoms with Crippen molar-refractivity contribution in [3.05, 3.63) is 17.3 Å². The van der Waals surface area contributed by atoms with E-state index in [1.165, 1.54) is 32.4 Å². The monoisotopic (exact) mass is 264 g/mol. The Morgan fingerprint density at radius 2 is 2.17 bits per heavy atom. The van der Waals surface area contributed by atoms with Gasteiger partial charge in [0.2, 0.25) is 0 Å². The second-order valence-electron chi connectivity index (χ2n) is 6.34. The Kier molecular flexibility index (Phi) is 2.19. The molecular weight excluding hydrogens is 248 g/mol. The molecule has 1 unspecified atom stereocenters. The lowest BCUT2D eigenvalue weighted by Gasteiger charge is -2.56. The van der Waals surface area contributed by atoms with E-state index in [1.807, 2.05) is 6.07 Å². The van der Waals surface area contributed by atoms with Crippen LogP contribution in [0.5, 0.6) is 0 Å². The second-order valence-corrected chi connectivity index (χ2v) is 6.73. The highest BCUT2D eigenvalue weighted by atomic mass is 35.5. The Bertz CT molecular complexity index is 460. The second kappa shape index (κ2) is 3.58. The highest BCUT2D eigenvalue weighted by molar-refractivity contribution is 6.29. The normalized spacial score (nSPS) is 29.7. The van der Waals surface area contributed by atoms with Crippen molar-refractivity contribution in [2.24, 2.45) is 16.7 Å². The zero-order valence-electron chi connectivity index (χ0n) is 10.2. The summed E-state index contributed by atoms with van der Waals surface area (Å²) < 4.78 is 0.